The number of likely N-dealkylation sites (tertiary alicyclic amines) is 1. The quantitative estimate of drug-likeness (QED) is 0.505. The van der Waals surface area contributed by atoms with E-state index in [4.69, 9.17) is 4.74 Å². The van der Waals surface area contributed by atoms with E-state index in [0.717, 1.165) is 18.6 Å². The van der Waals surface area contributed by atoms with E-state index in [-0.39, 0.29) is 19.1 Å². The van der Waals surface area contributed by atoms with Crippen molar-refractivity contribution in [1.29, 1.82) is 0 Å². The van der Waals surface area contributed by atoms with Crippen LogP contribution in [0.25, 0.3) is 0 Å². The first-order valence-electron chi connectivity index (χ1n) is 8.58. The summed E-state index contributed by atoms with van der Waals surface area (Å²) in [7, 11) is 1.63. The molecule has 0 aromatic heterocycles. The van der Waals surface area contributed by atoms with E-state index in [9.17, 15) is 20.1 Å². The van der Waals surface area contributed by atoms with Crippen LogP contribution < -0.4 is 10.1 Å². The maximum atomic E-state index is 11.2. The smallest absolute Gasteiger partial charge is 0.216 e. The van der Waals surface area contributed by atoms with Crippen LogP contribution in [0.3, 0.4) is 0 Å². The molecule has 4 N–H and O–H groups in total. The Morgan fingerprint density at radius 3 is 2.40 bits per heavy atom. The number of rotatable bonds is 8. The second kappa shape index (κ2) is 9.15. The molecule has 7 nitrogen and oxygen atoms in total. The van der Waals surface area contributed by atoms with Crippen LogP contribution >= 0.6 is 0 Å². The van der Waals surface area contributed by atoms with E-state index in [2.05, 4.69) is 5.32 Å². The van der Waals surface area contributed by atoms with Crippen molar-refractivity contribution in [2.75, 3.05) is 26.8 Å². The molecule has 1 aromatic rings. The number of amides is 1. The van der Waals surface area contributed by atoms with E-state index in [1.54, 1.807) is 7.11 Å². The summed E-state index contributed by atoms with van der Waals surface area (Å²) in [5.74, 6) is 0.623. The number of carbonyl (C=O) groups excluding carboxylic acids is 1. The lowest BCUT2D eigenvalue weighted by Gasteiger charge is -2.29. The van der Waals surface area contributed by atoms with Crippen molar-refractivity contribution >= 4 is 5.91 Å². The van der Waals surface area contributed by atoms with Crippen LogP contribution in [0.1, 0.15) is 18.9 Å². The summed E-state index contributed by atoms with van der Waals surface area (Å²) in [5, 5.41) is 32.7. The summed E-state index contributed by atoms with van der Waals surface area (Å²) in [6, 6.07) is 6.90. The van der Waals surface area contributed by atoms with Gasteiger partial charge < -0.3 is 25.4 Å². The van der Waals surface area contributed by atoms with Gasteiger partial charge in [-0.3, -0.25) is 9.69 Å². The zero-order valence-corrected chi connectivity index (χ0v) is 14.8. The van der Waals surface area contributed by atoms with E-state index >= 15 is 0 Å². The van der Waals surface area contributed by atoms with Crippen LogP contribution in [0.2, 0.25) is 0 Å². The van der Waals surface area contributed by atoms with Crippen molar-refractivity contribution < 1.29 is 24.9 Å². The fourth-order valence-electron chi connectivity index (χ4n) is 3.38. The Balaban J connectivity index is 1.95. The molecule has 1 aliphatic rings. The highest BCUT2D eigenvalue weighted by molar-refractivity contribution is 5.72. The predicted molar refractivity (Wildman–Crippen MR) is 93.4 cm³/mol. The molecule has 1 heterocycles. The summed E-state index contributed by atoms with van der Waals surface area (Å²) >= 11 is 0. The van der Waals surface area contributed by atoms with Gasteiger partial charge in [-0.1, -0.05) is 12.1 Å². The fraction of sp³-hybridized carbons (Fsp3) is 0.611. The fourth-order valence-corrected chi connectivity index (χ4v) is 3.38. The molecule has 0 saturated carbocycles. The first-order valence-corrected chi connectivity index (χ1v) is 8.58. The van der Waals surface area contributed by atoms with Crippen molar-refractivity contribution in [3.05, 3.63) is 29.8 Å². The van der Waals surface area contributed by atoms with E-state index < -0.39 is 24.3 Å². The van der Waals surface area contributed by atoms with Gasteiger partial charge >= 0.3 is 0 Å². The number of aliphatic hydroxyl groups is 3. The molecule has 4 atom stereocenters. The molecule has 7 heteroatoms. The lowest BCUT2D eigenvalue weighted by molar-refractivity contribution is -0.119. The van der Waals surface area contributed by atoms with Crippen LogP contribution in [-0.4, -0.2) is 77.2 Å². The number of aliphatic hydroxyl groups excluding tert-OH is 3. The molecule has 0 bridgehead atoms. The lowest BCUT2D eigenvalue weighted by Crippen LogP contribution is -2.47. The topological polar surface area (TPSA) is 102 Å². The summed E-state index contributed by atoms with van der Waals surface area (Å²) in [6.45, 7) is 2.02. The predicted octanol–water partition coefficient (Wildman–Crippen LogP) is -0.469. The molecule has 1 fully saturated rings. The van der Waals surface area contributed by atoms with Gasteiger partial charge in [-0.25, -0.2) is 0 Å². The normalized spacial score (nSPS) is 26.6. The molecule has 2 rings (SSSR count). The Hall–Kier alpha value is -1.67. The Morgan fingerprint density at radius 1 is 1.20 bits per heavy atom. The number of hydrogen-bond acceptors (Lipinski definition) is 6. The molecule has 1 aliphatic heterocycles. The van der Waals surface area contributed by atoms with Gasteiger partial charge in [-0.15, -0.1) is 0 Å². The first kappa shape index (κ1) is 19.7. The SMILES string of the molecule is COc1ccc(CCCN2[C@H](CO)[C@@H](O)[C@H](O)[C@H]2CNC(C)=O)cc1. The largest absolute Gasteiger partial charge is 0.497 e. The monoisotopic (exact) mass is 352 g/mol. The minimum Gasteiger partial charge on any atom is -0.497 e. The van der Waals surface area contributed by atoms with Gasteiger partial charge in [0.1, 0.15) is 5.75 Å². The van der Waals surface area contributed by atoms with Crippen molar-refractivity contribution in [2.24, 2.45) is 0 Å². The van der Waals surface area contributed by atoms with Gasteiger partial charge in [0.2, 0.25) is 5.91 Å². The molecule has 1 amide bonds. The third-order valence-corrected chi connectivity index (χ3v) is 4.78. The van der Waals surface area contributed by atoms with E-state index in [1.165, 1.54) is 12.5 Å². The highest BCUT2D eigenvalue weighted by Crippen LogP contribution is 2.25. The maximum absolute atomic E-state index is 11.2. The maximum Gasteiger partial charge on any atom is 0.216 e. The molecule has 140 valence electrons. The van der Waals surface area contributed by atoms with Crippen molar-refractivity contribution in [1.82, 2.24) is 10.2 Å². The van der Waals surface area contributed by atoms with Crippen LogP contribution in [0.15, 0.2) is 24.3 Å². The Kier molecular flexibility index (Phi) is 7.19. The second-order valence-electron chi connectivity index (χ2n) is 6.42. The lowest BCUT2D eigenvalue weighted by atomic mass is 10.1. The first-order chi connectivity index (χ1) is 12.0. The zero-order valence-electron chi connectivity index (χ0n) is 14.8. The average Bonchev–Trinajstić information content (AvgIpc) is 2.83. The highest BCUT2D eigenvalue weighted by Gasteiger charge is 2.46. The molecule has 1 aromatic carbocycles. The summed E-state index contributed by atoms with van der Waals surface area (Å²) in [4.78, 5) is 13.1. The number of benzene rings is 1. The molecule has 1 saturated heterocycles. The van der Waals surface area contributed by atoms with Gasteiger partial charge in [-0.05, 0) is 37.1 Å². The summed E-state index contributed by atoms with van der Waals surface area (Å²) < 4.78 is 5.14. The van der Waals surface area contributed by atoms with Crippen LogP contribution in [0.5, 0.6) is 5.75 Å². The second-order valence-corrected chi connectivity index (χ2v) is 6.42. The number of aryl methyl sites for hydroxylation is 1. The molecule has 0 aliphatic carbocycles. The van der Waals surface area contributed by atoms with Gasteiger partial charge in [-0.2, -0.15) is 0 Å². The molecular formula is C18H28N2O5. The van der Waals surface area contributed by atoms with Crippen molar-refractivity contribution in [3.8, 4) is 5.75 Å². The van der Waals surface area contributed by atoms with Gasteiger partial charge in [0.15, 0.2) is 0 Å². The Labute approximate surface area is 148 Å². The van der Waals surface area contributed by atoms with Gasteiger partial charge in [0.05, 0.1) is 38.0 Å². The number of nitrogens with one attached hydrogen (secondary N) is 1. The van der Waals surface area contributed by atoms with Crippen LogP contribution in [0.4, 0.5) is 0 Å². The summed E-state index contributed by atoms with van der Waals surface area (Å²) in [5.41, 5.74) is 1.17. The zero-order chi connectivity index (χ0) is 18.4. The van der Waals surface area contributed by atoms with E-state index in [1.807, 2.05) is 29.2 Å². The Bertz CT molecular complexity index is 551. The summed E-state index contributed by atoms with van der Waals surface area (Å²) in [6.07, 6.45) is -0.383. The van der Waals surface area contributed by atoms with Crippen molar-refractivity contribution in [2.45, 2.75) is 44.1 Å². The van der Waals surface area contributed by atoms with Crippen LogP contribution in [-0.2, 0) is 11.2 Å². The standard InChI is InChI=1S/C18H28N2O5/c1-12(22)19-10-15-17(23)18(24)16(11-21)20(15)9-3-4-13-5-7-14(25-2)8-6-13/h5-8,15-18,21,23-24H,3-4,9-11H2,1-2H3,(H,19,22)/t15-,16-,17-,18-/m1/s1. The number of methoxy groups -OCH3 is 1. The number of ether oxygens (including phenoxy) is 1. The minimum atomic E-state index is -1.02. The van der Waals surface area contributed by atoms with Gasteiger partial charge in [0, 0.05) is 13.5 Å². The average molecular weight is 352 g/mol. The molecular weight excluding hydrogens is 324 g/mol. The Morgan fingerprint density at radius 2 is 1.84 bits per heavy atom. The molecule has 0 unspecified atom stereocenters. The van der Waals surface area contributed by atoms with Crippen LogP contribution in [0, 0.1) is 0 Å². The number of hydrogen-bond donors (Lipinski definition) is 4. The molecule has 0 spiro atoms. The van der Waals surface area contributed by atoms with Crippen molar-refractivity contribution in [3.63, 3.8) is 0 Å². The molecule has 25 heavy (non-hydrogen) atoms. The van der Waals surface area contributed by atoms with E-state index in [0.29, 0.717) is 6.54 Å². The third kappa shape index (κ3) is 4.92. The molecule has 0 radical (unpaired) electrons. The third-order valence-electron chi connectivity index (χ3n) is 4.78. The minimum absolute atomic E-state index is 0.188. The number of carbonyl (C=O) groups is 1. The highest BCUT2D eigenvalue weighted by atomic mass is 16.5. The van der Waals surface area contributed by atoms with Gasteiger partial charge in [0.25, 0.3) is 0 Å². The number of nitrogens with zero attached hydrogens (tertiary/aromatic N) is 1.